The highest BCUT2D eigenvalue weighted by Crippen LogP contribution is 2.29. The summed E-state index contributed by atoms with van der Waals surface area (Å²) in [5, 5.41) is 13.4. The number of likely N-dealkylation sites (N-methyl/N-ethyl adjacent to an activating group) is 1. The minimum atomic E-state index is -0.230. The normalized spacial score (nSPS) is 16.5. The van der Waals surface area contributed by atoms with E-state index in [1.807, 2.05) is 19.9 Å². The minimum Gasteiger partial charge on any atom is -0.506 e. The van der Waals surface area contributed by atoms with Crippen molar-refractivity contribution < 1.29 is 9.50 Å². The van der Waals surface area contributed by atoms with Crippen LogP contribution in [0.1, 0.15) is 36.8 Å². The van der Waals surface area contributed by atoms with Crippen LogP contribution in [0.4, 0.5) is 10.1 Å². The molecule has 1 aromatic heterocycles. The Bertz CT molecular complexity index is 775. The molecule has 0 aliphatic carbocycles. The summed E-state index contributed by atoms with van der Waals surface area (Å²) in [5.41, 5.74) is 3.48. The molecule has 0 saturated carbocycles. The molecular formula is C21H29FN4O. The minimum absolute atomic E-state index is 0.0679. The maximum Gasteiger partial charge on any atom is 0.138 e. The number of pyridine rings is 1. The molecule has 5 nitrogen and oxygen atoms in total. The van der Waals surface area contributed by atoms with Gasteiger partial charge in [0.1, 0.15) is 11.6 Å². The lowest BCUT2D eigenvalue weighted by Crippen LogP contribution is -2.46. The van der Waals surface area contributed by atoms with Crippen LogP contribution in [-0.4, -0.2) is 47.7 Å². The van der Waals surface area contributed by atoms with Gasteiger partial charge in [0.15, 0.2) is 0 Å². The Labute approximate surface area is 160 Å². The lowest BCUT2D eigenvalue weighted by Gasteiger charge is -2.37. The van der Waals surface area contributed by atoms with E-state index in [1.54, 1.807) is 18.2 Å². The quantitative estimate of drug-likeness (QED) is 0.815. The number of benzene rings is 1. The largest absolute Gasteiger partial charge is 0.506 e. The Morgan fingerprint density at radius 2 is 1.93 bits per heavy atom. The molecule has 2 N–H and O–H groups in total. The van der Waals surface area contributed by atoms with Crippen molar-refractivity contribution in [2.45, 2.75) is 33.4 Å². The summed E-state index contributed by atoms with van der Waals surface area (Å²) in [6.45, 7) is 11.5. The van der Waals surface area contributed by atoms with E-state index in [9.17, 15) is 9.50 Å². The van der Waals surface area contributed by atoms with Crippen LogP contribution in [0, 0.1) is 12.7 Å². The highest BCUT2D eigenvalue weighted by Gasteiger charge is 2.21. The smallest absolute Gasteiger partial charge is 0.138 e. The number of anilines is 1. The maximum absolute atomic E-state index is 14.0. The van der Waals surface area contributed by atoms with Gasteiger partial charge in [0.2, 0.25) is 0 Å². The summed E-state index contributed by atoms with van der Waals surface area (Å²) < 4.78 is 14.0. The molecule has 1 aliphatic rings. The molecule has 1 fully saturated rings. The van der Waals surface area contributed by atoms with Gasteiger partial charge in [-0.15, -0.1) is 0 Å². The van der Waals surface area contributed by atoms with Crippen LogP contribution < -0.4 is 10.2 Å². The molecule has 6 heteroatoms. The van der Waals surface area contributed by atoms with Crippen LogP contribution in [-0.2, 0) is 6.54 Å². The molecule has 0 radical (unpaired) electrons. The number of hydrogen-bond donors (Lipinski definition) is 2. The Balaban J connectivity index is 1.75. The SMILES string of the molecule is CCN1CCN(c2ccc(F)cc2C(C)NCc2nc(C)ccc2O)CC1. The zero-order chi connectivity index (χ0) is 19.4. The van der Waals surface area contributed by atoms with E-state index in [-0.39, 0.29) is 17.6 Å². The van der Waals surface area contributed by atoms with Crippen LogP contribution in [0.15, 0.2) is 30.3 Å². The second-order valence-corrected chi connectivity index (χ2v) is 7.15. The Morgan fingerprint density at radius 3 is 2.63 bits per heavy atom. The molecule has 2 heterocycles. The molecule has 1 aliphatic heterocycles. The van der Waals surface area contributed by atoms with Crippen LogP contribution in [0.25, 0.3) is 0 Å². The Hall–Kier alpha value is -2.18. The fraction of sp³-hybridized carbons (Fsp3) is 0.476. The first kappa shape index (κ1) is 19.6. The van der Waals surface area contributed by atoms with E-state index in [0.717, 1.165) is 49.7 Å². The van der Waals surface area contributed by atoms with Crippen molar-refractivity contribution in [2.75, 3.05) is 37.6 Å². The Morgan fingerprint density at radius 1 is 1.19 bits per heavy atom. The topological polar surface area (TPSA) is 51.6 Å². The maximum atomic E-state index is 14.0. The molecule has 1 unspecified atom stereocenters. The van der Waals surface area contributed by atoms with Gasteiger partial charge in [0, 0.05) is 50.1 Å². The third-order valence-electron chi connectivity index (χ3n) is 5.28. The average Bonchev–Trinajstić information content (AvgIpc) is 2.68. The van der Waals surface area contributed by atoms with Crippen LogP contribution >= 0.6 is 0 Å². The predicted molar refractivity (Wildman–Crippen MR) is 107 cm³/mol. The zero-order valence-electron chi connectivity index (χ0n) is 16.4. The van der Waals surface area contributed by atoms with Crippen molar-refractivity contribution in [1.82, 2.24) is 15.2 Å². The van der Waals surface area contributed by atoms with Crippen molar-refractivity contribution in [2.24, 2.45) is 0 Å². The van der Waals surface area contributed by atoms with Crippen LogP contribution in [0.3, 0.4) is 0 Å². The number of piperazine rings is 1. The number of rotatable bonds is 6. The van der Waals surface area contributed by atoms with Gasteiger partial charge in [0.25, 0.3) is 0 Å². The number of nitrogens with one attached hydrogen (secondary N) is 1. The number of hydrogen-bond acceptors (Lipinski definition) is 5. The van der Waals surface area contributed by atoms with Gasteiger partial charge >= 0.3 is 0 Å². The molecule has 1 aromatic carbocycles. The zero-order valence-corrected chi connectivity index (χ0v) is 16.4. The molecular weight excluding hydrogens is 343 g/mol. The molecule has 0 bridgehead atoms. The van der Waals surface area contributed by atoms with E-state index < -0.39 is 0 Å². The van der Waals surface area contributed by atoms with E-state index in [4.69, 9.17) is 0 Å². The van der Waals surface area contributed by atoms with Gasteiger partial charge in [-0.1, -0.05) is 6.92 Å². The first-order valence-corrected chi connectivity index (χ1v) is 9.63. The third kappa shape index (κ3) is 4.76. The summed E-state index contributed by atoms with van der Waals surface area (Å²) in [4.78, 5) is 9.14. The van der Waals surface area contributed by atoms with Gasteiger partial charge in [-0.3, -0.25) is 4.98 Å². The van der Waals surface area contributed by atoms with Crippen LogP contribution in [0.2, 0.25) is 0 Å². The fourth-order valence-electron chi connectivity index (χ4n) is 3.56. The van der Waals surface area contributed by atoms with Gasteiger partial charge < -0.3 is 20.2 Å². The molecule has 27 heavy (non-hydrogen) atoms. The molecule has 1 atom stereocenters. The number of nitrogens with zero attached hydrogens (tertiary/aromatic N) is 3. The molecule has 0 spiro atoms. The summed E-state index contributed by atoms with van der Waals surface area (Å²) in [6.07, 6.45) is 0. The van der Waals surface area contributed by atoms with Crippen molar-refractivity contribution in [1.29, 1.82) is 0 Å². The third-order valence-corrected chi connectivity index (χ3v) is 5.28. The molecule has 2 aromatic rings. The van der Waals surface area contributed by atoms with E-state index in [1.165, 1.54) is 6.07 Å². The van der Waals surface area contributed by atoms with Gasteiger partial charge in [0.05, 0.1) is 5.69 Å². The molecule has 1 saturated heterocycles. The Kier molecular flexibility index (Phi) is 6.29. The summed E-state index contributed by atoms with van der Waals surface area (Å²) in [6, 6.07) is 8.40. The van der Waals surface area contributed by atoms with E-state index in [0.29, 0.717) is 12.2 Å². The van der Waals surface area contributed by atoms with E-state index in [2.05, 4.69) is 27.0 Å². The summed E-state index contributed by atoms with van der Waals surface area (Å²) in [5.74, 6) is -0.0541. The van der Waals surface area contributed by atoms with Crippen molar-refractivity contribution in [3.63, 3.8) is 0 Å². The predicted octanol–water partition coefficient (Wildman–Crippen LogP) is 3.23. The molecule has 0 amide bonds. The van der Waals surface area contributed by atoms with Crippen LogP contribution in [0.5, 0.6) is 5.75 Å². The summed E-state index contributed by atoms with van der Waals surface area (Å²) >= 11 is 0. The second-order valence-electron chi connectivity index (χ2n) is 7.15. The number of halogens is 1. The van der Waals surface area contributed by atoms with Crippen molar-refractivity contribution >= 4 is 5.69 Å². The average molecular weight is 372 g/mol. The molecule has 3 rings (SSSR count). The van der Waals surface area contributed by atoms with E-state index >= 15 is 0 Å². The number of aromatic nitrogens is 1. The standard InChI is InChI=1S/C21H29FN4O/c1-4-25-9-11-26(12-10-25)20-7-6-17(22)13-18(20)16(3)23-14-19-21(27)8-5-15(2)24-19/h5-8,13,16,23,27H,4,9-12,14H2,1-3H3. The lowest BCUT2D eigenvalue weighted by atomic mass is 10.0. The fourth-order valence-corrected chi connectivity index (χ4v) is 3.56. The summed E-state index contributed by atoms with van der Waals surface area (Å²) in [7, 11) is 0. The highest BCUT2D eigenvalue weighted by molar-refractivity contribution is 5.55. The van der Waals surface area contributed by atoms with Gasteiger partial charge in [-0.05, 0) is 56.3 Å². The second kappa shape index (κ2) is 8.67. The van der Waals surface area contributed by atoms with Crippen molar-refractivity contribution in [3.8, 4) is 5.75 Å². The van der Waals surface area contributed by atoms with Gasteiger partial charge in [-0.2, -0.15) is 0 Å². The van der Waals surface area contributed by atoms with Gasteiger partial charge in [-0.25, -0.2) is 4.39 Å². The highest BCUT2D eigenvalue weighted by atomic mass is 19.1. The number of aromatic hydroxyl groups is 1. The number of aryl methyl sites for hydroxylation is 1. The first-order chi connectivity index (χ1) is 13.0. The monoisotopic (exact) mass is 372 g/mol. The van der Waals surface area contributed by atoms with Crippen molar-refractivity contribution in [3.05, 3.63) is 53.1 Å². The first-order valence-electron chi connectivity index (χ1n) is 9.63. The lowest BCUT2D eigenvalue weighted by molar-refractivity contribution is 0.271. The molecule has 146 valence electrons.